The Balaban J connectivity index is 0.723. The smallest absolute Gasteiger partial charge is 0.251 e. The molecule has 7 N–H and O–H groups in total. The van der Waals surface area contributed by atoms with Crippen molar-refractivity contribution >= 4 is 50.7 Å². The molecule has 6 aromatic rings. The van der Waals surface area contributed by atoms with E-state index in [2.05, 4.69) is 163 Å². The molecule has 5 unspecified atom stereocenters. The van der Waals surface area contributed by atoms with Crippen LogP contribution in [-0.2, 0) is 20.5 Å². The lowest BCUT2D eigenvalue weighted by Gasteiger charge is -2.39. The standard InChI is InChI=1S/C68H79N5O9/c1-43-38-46(31-34-55(43)81-66-63(78)62(77)61(76)56(42-74)82-66)47-39-48(64(79)69-6)41-49(40-47)65(80)71-36-20-9-8-19-35-70-58(75)28-14-11-21-37-73-57(67(2,3)53-33-30-45-23-16-18-25-51(45)60(53)73)27-13-10-12-26-54-52-32-29-44-22-15-17-24-50(44)59(52)68(4,5)72(54)7/h10,12-13,15-18,22-27,29-34,38-41,56,61-63,66,74,76-78H,8-9,11,14,19-21,28,35-37,42H2,1-7H3,(H2-,69,70,71,75,79,80)/p+1. The fourth-order valence-electron chi connectivity index (χ4n) is 11.9. The van der Waals surface area contributed by atoms with Crippen molar-refractivity contribution in [3.8, 4) is 16.9 Å². The third kappa shape index (κ3) is 12.5. The topological polar surface area (TPSA) is 193 Å². The molecule has 3 amide bonds. The van der Waals surface area contributed by atoms with E-state index in [-0.39, 0.29) is 28.7 Å². The van der Waals surface area contributed by atoms with Gasteiger partial charge in [-0.1, -0.05) is 124 Å². The lowest BCUT2D eigenvalue weighted by atomic mass is 9.83. The van der Waals surface area contributed by atoms with Gasteiger partial charge >= 0.3 is 0 Å². The number of benzene rings is 6. The van der Waals surface area contributed by atoms with Crippen molar-refractivity contribution < 1.29 is 48.9 Å². The summed E-state index contributed by atoms with van der Waals surface area (Å²) in [4.78, 5) is 41.8. The van der Waals surface area contributed by atoms with Crippen molar-refractivity contribution in [1.29, 1.82) is 0 Å². The molecule has 0 aliphatic carbocycles. The maximum absolute atomic E-state index is 13.5. The lowest BCUT2D eigenvalue weighted by Crippen LogP contribution is -2.60. The van der Waals surface area contributed by atoms with Crippen LogP contribution < -0.4 is 25.6 Å². The van der Waals surface area contributed by atoms with Crippen molar-refractivity contribution in [2.75, 3.05) is 45.2 Å². The molecule has 3 aliphatic rings. The van der Waals surface area contributed by atoms with Crippen molar-refractivity contribution in [3.05, 3.63) is 179 Å². The quantitative estimate of drug-likeness (QED) is 0.0196. The monoisotopic (exact) mass is 1110 g/mol. The number of carbonyl (C=O) groups is 3. The molecule has 0 bridgehead atoms. The molecule has 3 heterocycles. The number of hydrogen-bond donors (Lipinski definition) is 7. The Hall–Kier alpha value is -7.46. The minimum absolute atomic E-state index is 0.0675. The van der Waals surface area contributed by atoms with Gasteiger partial charge in [0, 0.05) is 86.2 Å². The first kappa shape index (κ1) is 59.2. The normalized spacial score (nSPS) is 20.5. The van der Waals surface area contributed by atoms with Crippen LogP contribution in [0.15, 0.2) is 145 Å². The molecule has 430 valence electrons. The van der Waals surface area contributed by atoms with E-state index in [1.807, 2.05) is 0 Å². The largest absolute Gasteiger partial charge is 0.462 e. The summed E-state index contributed by atoms with van der Waals surface area (Å²) in [6.45, 7) is 12.3. The van der Waals surface area contributed by atoms with Gasteiger partial charge in [0.1, 0.15) is 37.2 Å². The Bertz CT molecular complexity index is 3470. The zero-order chi connectivity index (χ0) is 58.3. The van der Waals surface area contributed by atoms with Crippen LogP contribution >= 0.6 is 0 Å². The van der Waals surface area contributed by atoms with Crippen LogP contribution in [0, 0.1) is 6.92 Å². The highest BCUT2D eigenvalue weighted by molar-refractivity contribution is 6.11. The van der Waals surface area contributed by atoms with Crippen molar-refractivity contribution in [2.24, 2.45) is 0 Å². The van der Waals surface area contributed by atoms with E-state index < -0.39 is 37.3 Å². The Kier molecular flexibility index (Phi) is 18.6. The first-order chi connectivity index (χ1) is 39.4. The molecule has 0 spiro atoms. The molecular formula is C68H80N5O9+. The molecule has 9 rings (SSSR count). The summed E-state index contributed by atoms with van der Waals surface area (Å²) in [5, 5.41) is 54.2. The van der Waals surface area contributed by atoms with Crippen molar-refractivity contribution in [3.63, 3.8) is 0 Å². The summed E-state index contributed by atoms with van der Waals surface area (Å²) < 4.78 is 13.8. The van der Waals surface area contributed by atoms with E-state index in [0.717, 1.165) is 51.5 Å². The number of unbranched alkanes of at least 4 members (excludes halogenated alkanes) is 5. The van der Waals surface area contributed by atoms with Gasteiger partial charge in [0.15, 0.2) is 5.54 Å². The van der Waals surface area contributed by atoms with Crippen LogP contribution in [0.5, 0.6) is 5.75 Å². The number of allylic oxidation sites excluding steroid dienone is 6. The number of ether oxygens (including phenoxy) is 2. The second kappa shape index (κ2) is 25.8. The number of fused-ring (bicyclic) bond motifs is 6. The number of amides is 3. The van der Waals surface area contributed by atoms with E-state index in [4.69, 9.17) is 9.47 Å². The average Bonchev–Trinajstić information content (AvgIpc) is 3.14. The first-order valence-electron chi connectivity index (χ1n) is 28.9. The van der Waals surface area contributed by atoms with Crippen LogP contribution in [0.4, 0.5) is 5.69 Å². The fourth-order valence-corrected chi connectivity index (χ4v) is 11.9. The third-order valence-electron chi connectivity index (χ3n) is 16.8. The number of anilines is 1. The van der Waals surface area contributed by atoms with Gasteiger partial charge in [-0.15, -0.1) is 0 Å². The fraction of sp³-hybridized carbons (Fsp3) is 0.382. The predicted octanol–water partition coefficient (Wildman–Crippen LogP) is 9.65. The maximum atomic E-state index is 13.5. The predicted molar refractivity (Wildman–Crippen MR) is 325 cm³/mol. The zero-order valence-electron chi connectivity index (χ0n) is 48.4. The Labute approximate surface area is 481 Å². The molecule has 1 fully saturated rings. The van der Waals surface area contributed by atoms with Crippen LogP contribution in [0.2, 0.25) is 0 Å². The summed E-state index contributed by atoms with van der Waals surface area (Å²) >= 11 is 0. The van der Waals surface area contributed by atoms with E-state index in [0.29, 0.717) is 53.1 Å². The molecule has 14 heteroatoms. The second-order valence-corrected chi connectivity index (χ2v) is 23.0. The number of aliphatic hydroxyl groups is 4. The van der Waals surface area contributed by atoms with Gasteiger partial charge in [-0.05, 0) is 113 Å². The summed E-state index contributed by atoms with van der Waals surface area (Å²) in [6, 6.07) is 36.5. The van der Waals surface area contributed by atoms with E-state index >= 15 is 0 Å². The highest BCUT2D eigenvalue weighted by Crippen LogP contribution is 2.51. The number of aliphatic hydroxyl groups excluding tert-OH is 4. The molecule has 0 radical (unpaired) electrons. The van der Waals surface area contributed by atoms with Crippen molar-refractivity contribution in [1.82, 2.24) is 16.0 Å². The lowest BCUT2D eigenvalue weighted by molar-refractivity contribution is -0.577. The number of rotatable bonds is 22. The van der Waals surface area contributed by atoms with Crippen molar-refractivity contribution in [2.45, 2.75) is 128 Å². The van der Waals surface area contributed by atoms with Gasteiger partial charge in [-0.25, -0.2) is 4.58 Å². The summed E-state index contributed by atoms with van der Waals surface area (Å²) in [7, 11) is 3.71. The van der Waals surface area contributed by atoms with Gasteiger partial charge in [0.25, 0.3) is 11.8 Å². The van der Waals surface area contributed by atoms with Gasteiger partial charge in [-0.3, -0.25) is 14.4 Å². The Morgan fingerprint density at radius 1 is 0.707 bits per heavy atom. The van der Waals surface area contributed by atoms with Gasteiger partial charge in [0.05, 0.1) is 17.9 Å². The summed E-state index contributed by atoms with van der Waals surface area (Å²) in [5.74, 6) is -0.267. The Morgan fingerprint density at radius 2 is 1.38 bits per heavy atom. The number of carbonyl (C=O) groups excluding carboxylic acids is 3. The molecule has 0 aromatic heterocycles. The molecule has 6 aromatic carbocycles. The summed E-state index contributed by atoms with van der Waals surface area (Å²) in [6.07, 6.45) is 10.4. The highest BCUT2D eigenvalue weighted by atomic mass is 16.7. The molecule has 5 atom stereocenters. The second-order valence-electron chi connectivity index (χ2n) is 23.0. The van der Waals surface area contributed by atoms with Crippen LogP contribution in [0.3, 0.4) is 0 Å². The van der Waals surface area contributed by atoms with Gasteiger partial charge in [-0.2, -0.15) is 0 Å². The zero-order valence-corrected chi connectivity index (χ0v) is 48.4. The summed E-state index contributed by atoms with van der Waals surface area (Å²) in [5.41, 5.74) is 9.95. The molecule has 0 saturated carbocycles. The van der Waals surface area contributed by atoms with Crippen LogP contribution in [-0.4, -0.2) is 119 Å². The molecular weight excluding hydrogens is 1030 g/mol. The maximum Gasteiger partial charge on any atom is 0.251 e. The molecule has 82 heavy (non-hydrogen) atoms. The number of nitrogens with zero attached hydrogens (tertiary/aromatic N) is 2. The number of nitrogens with one attached hydrogen (secondary N) is 3. The SMILES string of the molecule is CNC(=O)c1cc(C(=O)NCCCCCCNC(=O)CCCCCN2\C(=C/C=C/C=C/C3=[N+](C)C(C)(C)c4c3ccc3ccccc43)C(C)(C)c3ccc4ccccc4c32)cc(-c2ccc(OC3OC(CO)C(O)C(O)C3O)c(C)c2)c1. The van der Waals surface area contributed by atoms with E-state index in [1.165, 1.54) is 62.4 Å². The Morgan fingerprint density at radius 3 is 2.10 bits per heavy atom. The first-order valence-corrected chi connectivity index (χ1v) is 28.9. The average molecular weight is 1110 g/mol. The third-order valence-corrected chi connectivity index (χ3v) is 16.8. The highest BCUT2D eigenvalue weighted by Gasteiger charge is 2.46. The number of aryl methyl sites for hydroxylation is 1. The van der Waals surface area contributed by atoms with E-state index in [9.17, 15) is 34.8 Å². The van der Waals surface area contributed by atoms with E-state index in [1.54, 1.807) is 43.3 Å². The molecule has 1 saturated heterocycles. The van der Waals surface area contributed by atoms with Gasteiger partial charge < -0.3 is 50.8 Å². The minimum atomic E-state index is -1.58. The minimum Gasteiger partial charge on any atom is -0.462 e. The molecule has 3 aliphatic heterocycles. The van der Waals surface area contributed by atoms with Gasteiger partial charge in [0.2, 0.25) is 17.9 Å². The molecule has 14 nitrogen and oxygen atoms in total. The number of hydrogen-bond acceptors (Lipinski definition) is 10. The van der Waals surface area contributed by atoms with Crippen LogP contribution in [0.1, 0.15) is 122 Å². The van der Waals surface area contributed by atoms with Crippen LogP contribution in [0.25, 0.3) is 32.7 Å².